The molecule has 3 aromatic rings. The highest BCUT2D eigenvalue weighted by atomic mass is 32.2. The first-order chi connectivity index (χ1) is 13.6. The predicted molar refractivity (Wildman–Crippen MR) is 101 cm³/mol. The molecule has 29 heavy (non-hydrogen) atoms. The minimum Gasteiger partial charge on any atom is -0.419 e. The normalized spacial score (nSPS) is 11.6. The van der Waals surface area contributed by atoms with Crippen molar-refractivity contribution in [3.8, 4) is 11.5 Å². The highest BCUT2D eigenvalue weighted by Gasteiger charge is 2.24. The molecule has 1 aromatic heterocycles. The number of aromatic nitrogens is 1. The molecule has 3 rings (SSSR count). The van der Waals surface area contributed by atoms with Gasteiger partial charge in [-0.15, -0.1) is 0 Å². The Balaban J connectivity index is 1.98. The average molecular weight is 422 g/mol. The molecule has 0 atom stereocenters. The van der Waals surface area contributed by atoms with E-state index in [1.54, 1.807) is 0 Å². The van der Waals surface area contributed by atoms with Crippen molar-refractivity contribution in [3.05, 3.63) is 59.8 Å². The van der Waals surface area contributed by atoms with E-state index in [9.17, 15) is 22.0 Å². The van der Waals surface area contributed by atoms with Gasteiger partial charge in [0.15, 0.2) is 5.69 Å². The van der Waals surface area contributed by atoms with E-state index in [1.807, 2.05) is 0 Å². The number of nitrogens with one attached hydrogen (secondary N) is 1. The second-order valence-corrected chi connectivity index (χ2v) is 8.25. The molecular weight excluding hydrogens is 406 g/mol. The van der Waals surface area contributed by atoms with Gasteiger partial charge >= 0.3 is 0 Å². The first-order valence-corrected chi connectivity index (χ1v) is 9.60. The maximum Gasteiger partial charge on any atom is 0.273 e. The molecule has 0 saturated heterocycles. The number of primary amides is 1. The molecule has 0 bridgehead atoms. The van der Waals surface area contributed by atoms with Crippen LogP contribution < -0.4 is 11.1 Å². The molecule has 1 heterocycles. The smallest absolute Gasteiger partial charge is 0.273 e. The van der Waals surface area contributed by atoms with Crippen molar-refractivity contribution >= 4 is 27.5 Å². The SMILES string of the molecule is CN(C)S(=O)(=O)c1ccc(Nc2oc(-c3c(F)cccc3F)nc2C(N)=O)cc1. The summed E-state index contributed by atoms with van der Waals surface area (Å²) in [6.07, 6.45) is 0. The Morgan fingerprint density at radius 3 is 2.21 bits per heavy atom. The Labute approximate surface area is 165 Å². The van der Waals surface area contributed by atoms with Crippen LogP contribution >= 0.6 is 0 Å². The van der Waals surface area contributed by atoms with Crippen LogP contribution in [0.25, 0.3) is 11.5 Å². The summed E-state index contributed by atoms with van der Waals surface area (Å²) in [5.41, 5.74) is 4.70. The summed E-state index contributed by atoms with van der Waals surface area (Å²) in [5.74, 6) is -3.53. The van der Waals surface area contributed by atoms with Gasteiger partial charge in [0.25, 0.3) is 5.91 Å². The van der Waals surface area contributed by atoms with Crippen molar-refractivity contribution in [1.82, 2.24) is 9.29 Å². The fourth-order valence-corrected chi connectivity index (χ4v) is 3.33. The minimum atomic E-state index is -3.62. The van der Waals surface area contributed by atoms with Crippen LogP contribution in [0.3, 0.4) is 0 Å². The third-order valence-electron chi connectivity index (χ3n) is 3.93. The van der Waals surface area contributed by atoms with Crippen LogP contribution in [0.4, 0.5) is 20.4 Å². The number of hydrogen-bond donors (Lipinski definition) is 2. The summed E-state index contributed by atoms with van der Waals surface area (Å²) in [4.78, 5) is 15.5. The van der Waals surface area contributed by atoms with Crippen molar-refractivity contribution in [2.45, 2.75) is 4.90 Å². The first-order valence-electron chi connectivity index (χ1n) is 8.16. The van der Waals surface area contributed by atoms with Crippen LogP contribution in [0.5, 0.6) is 0 Å². The van der Waals surface area contributed by atoms with Gasteiger partial charge in [-0.25, -0.2) is 26.5 Å². The molecule has 1 amide bonds. The second-order valence-electron chi connectivity index (χ2n) is 6.09. The molecular formula is C18H16F2N4O4S. The Bertz CT molecular complexity index is 1150. The third kappa shape index (κ3) is 3.96. The van der Waals surface area contributed by atoms with E-state index in [1.165, 1.54) is 44.4 Å². The van der Waals surface area contributed by atoms with Crippen LogP contribution in [0, 0.1) is 11.6 Å². The van der Waals surface area contributed by atoms with Gasteiger partial charge in [-0.3, -0.25) is 4.79 Å². The summed E-state index contributed by atoms with van der Waals surface area (Å²) in [5, 5.41) is 2.71. The fraction of sp³-hybridized carbons (Fsp3) is 0.111. The monoisotopic (exact) mass is 422 g/mol. The van der Waals surface area contributed by atoms with E-state index >= 15 is 0 Å². The lowest BCUT2D eigenvalue weighted by molar-refractivity contribution is 0.0996. The number of halogens is 2. The van der Waals surface area contributed by atoms with E-state index in [-0.39, 0.29) is 16.5 Å². The lowest BCUT2D eigenvalue weighted by atomic mass is 10.2. The number of nitrogens with zero attached hydrogens (tertiary/aromatic N) is 2. The molecule has 8 nitrogen and oxygen atoms in total. The molecule has 152 valence electrons. The molecule has 0 radical (unpaired) electrons. The zero-order chi connectivity index (χ0) is 21.3. The first kappa shape index (κ1) is 20.4. The summed E-state index contributed by atoms with van der Waals surface area (Å²) in [6, 6.07) is 8.74. The molecule has 11 heteroatoms. The number of benzene rings is 2. The third-order valence-corrected chi connectivity index (χ3v) is 5.76. The number of carbonyl (C=O) groups is 1. The van der Waals surface area contributed by atoms with Crippen molar-refractivity contribution in [2.24, 2.45) is 5.73 Å². The van der Waals surface area contributed by atoms with Crippen LogP contribution in [0.2, 0.25) is 0 Å². The number of hydrogen-bond acceptors (Lipinski definition) is 6. The zero-order valence-electron chi connectivity index (χ0n) is 15.3. The highest BCUT2D eigenvalue weighted by molar-refractivity contribution is 7.89. The van der Waals surface area contributed by atoms with Crippen molar-refractivity contribution < 1.29 is 26.4 Å². The topological polar surface area (TPSA) is 119 Å². The minimum absolute atomic E-state index is 0.0508. The molecule has 0 unspecified atom stereocenters. The van der Waals surface area contributed by atoms with Crippen LogP contribution in [0.15, 0.2) is 51.8 Å². The number of rotatable bonds is 6. The zero-order valence-corrected chi connectivity index (χ0v) is 16.1. The van der Waals surface area contributed by atoms with E-state index in [0.29, 0.717) is 5.69 Å². The summed E-state index contributed by atoms with van der Waals surface area (Å²) in [7, 11) is -0.815. The van der Waals surface area contributed by atoms with Crippen LogP contribution in [0.1, 0.15) is 10.5 Å². The summed E-state index contributed by atoms with van der Waals surface area (Å²) in [6.45, 7) is 0. The number of carbonyl (C=O) groups excluding carboxylic acids is 1. The number of oxazole rings is 1. The quantitative estimate of drug-likeness (QED) is 0.631. The number of anilines is 2. The van der Waals surface area contributed by atoms with Crippen LogP contribution in [-0.2, 0) is 10.0 Å². The van der Waals surface area contributed by atoms with E-state index in [4.69, 9.17) is 10.2 Å². The van der Waals surface area contributed by atoms with Crippen molar-refractivity contribution in [1.29, 1.82) is 0 Å². The largest absolute Gasteiger partial charge is 0.419 e. The Morgan fingerprint density at radius 2 is 1.69 bits per heavy atom. The van der Waals surface area contributed by atoms with Gasteiger partial charge in [0.1, 0.15) is 17.2 Å². The Kier molecular flexibility index (Phi) is 5.36. The molecule has 3 N–H and O–H groups in total. The van der Waals surface area contributed by atoms with Gasteiger partial charge in [0.05, 0.1) is 4.90 Å². The van der Waals surface area contributed by atoms with Crippen LogP contribution in [-0.4, -0.2) is 37.7 Å². The molecule has 0 fully saturated rings. The highest BCUT2D eigenvalue weighted by Crippen LogP contribution is 2.31. The number of sulfonamides is 1. The lowest BCUT2D eigenvalue weighted by Crippen LogP contribution is -2.22. The maximum absolute atomic E-state index is 14.0. The van der Waals surface area contributed by atoms with Crippen molar-refractivity contribution in [2.75, 3.05) is 19.4 Å². The van der Waals surface area contributed by atoms with Gasteiger partial charge in [-0.1, -0.05) is 6.07 Å². The molecule has 0 saturated carbocycles. The molecule has 0 aliphatic rings. The molecule has 0 aliphatic heterocycles. The van der Waals surface area contributed by atoms with Gasteiger partial charge in [0, 0.05) is 19.8 Å². The lowest BCUT2D eigenvalue weighted by Gasteiger charge is -2.11. The van der Waals surface area contributed by atoms with Gasteiger partial charge in [-0.05, 0) is 36.4 Å². The average Bonchev–Trinajstić information content (AvgIpc) is 3.05. The Morgan fingerprint density at radius 1 is 1.10 bits per heavy atom. The standard InChI is InChI=1S/C18H16F2N4O4S/c1-24(2)29(26,27)11-8-6-10(7-9-11)22-18-15(16(21)25)23-17(28-18)14-12(19)4-3-5-13(14)20/h3-9,22H,1-2H3,(H2,21,25). The van der Waals surface area contributed by atoms with Gasteiger partial charge in [0.2, 0.25) is 21.8 Å². The predicted octanol–water partition coefficient (Wildman–Crippen LogP) is 2.71. The Hall–Kier alpha value is -3.31. The summed E-state index contributed by atoms with van der Waals surface area (Å²) >= 11 is 0. The van der Waals surface area contributed by atoms with Gasteiger partial charge in [-0.2, -0.15) is 0 Å². The van der Waals surface area contributed by atoms with E-state index in [2.05, 4.69) is 10.3 Å². The number of nitrogens with two attached hydrogens (primary N) is 1. The van der Waals surface area contributed by atoms with Gasteiger partial charge < -0.3 is 15.5 Å². The summed E-state index contributed by atoms with van der Waals surface area (Å²) < 4.78 is 58.6. The molecule has 0 spiro atoms. The second kappa shape index (κ2) is 7.60. The fourth-order valence-electron chi connectivity index (χ4n) is 2.43. The van der Waals surface area contributed by atoms with E-state index in [0.717, 1.165) is 16.4 Å². The number of amides is 1. The maximum atomic E-state index is 14.0. The molecule has 0 aliphatic carbocycles. The molecule has 2 aromatic carbocycles. The van der Waals surface area contributed by atoms with Crippen molar-refractivity contribution in [3.63, 3.8) is 0 Å². The van der Waals surface area contributed by atoms with E-state index < -0.39 is 39.0 Å².